The van der Waals surface area contributed by atoms with E-state index >= 15 is 0 Å². The Hall–Kier alpha value is -1.45. The van der Waals surface area contributed by atoms with Crippen LogP contribution in [0.5, 0.6) is 0 Å². The quantitative estimate of drug-likeness (QED) is 0.667. The maximum Gasteiger partial charge on any atom is 0.410 e. The number of nitrogens with zero attached hydrogens (tertiary/aromatic N) is 2. The van der Waals surface area contributed by atoms with Gasteiger partial charge >= 0.3 is 6.09 Å². The smallest absolute Gasteiger partial charge is 0.410 e. The van der Waals surface area contributed by atoms with E-state index in [1.165, 1.54) is 6.07 Å². The van der Waals surface area contributed by atoms with Crippen LogP contribution >= 0.6 is 0 Å². The second kappa shape index (κ2) is 8.48. The maximum absolute atomic E-state index is 13.2. The topological polar surface area (TPSA) is 77.5 Å². The molecule has 1 aliphatic carbocycles. The highest BCUT2D eigenvalue weighted by molar-refractivity contribution is 7.90. The summed E-state index contributed by atoms with van der Waals surface area (Å²) in [5.41, 5.74) is 0.312. The summed E-state index contributed by atoms with van der Waals surface area (Å²) in [5, 5.41) is 0. The van der Waals surface area contributed by atoms with Gasteiger partial charge in [-0.25, -0.2) is 13.6 Å². The fraction of sp³-hybridized carbons (Fsp3) is 0.727. The lowest BCUT2D eigenvalue weighted by Gasteiger charge is -2.43. The predicted molar refractivity (Wildman–Crippen MR) is 116 cm³/mol. The maximum atomic E-state index is 13.2. The zero-order chi connectivity index (χ0) is 23.2. The van der Waals surface area contributed by atoms with Gasteiger partial charge in [0.25, 0.3) is 6.43 Å². The normalized spacial score (nSPS) is 22.0. The van der Waals surface area contributed by atoms with Crippen molar-refractivity contribution in [2.24, 2.45) is 5.41 Å². The molecule has 1 aromatic rings. The van der Waals surface area contributed by atoms with Crippen LogP contribution in [0.1, 0.15) is 83.8 Å². The number of piperidine rings is 1. The molecule has 3 rings (SSSR count). The molecule has 174 valence electrons. The Bertz CT molecular complexity index is 815. The molecule has 0 radical (unpaired) electrons. The number of aromatic nitrogens is 1. The number of hydrogen-bond acceptors (Lipinski definition) is 5. The fourth-order valence-electron chi connectivity index (χ4n) is 4.22. The van der Waals surface area contributed by atoms with E-state index in [-0.39, 0.29) is 23.2 Å². The zero-order valence-electron chi connectivity index (χ0n) is 19.1. The van der Waals surface area contributed by atoms with Crippen molar-refractivity contribution in [1.29, 1.82) is 0 Å². The van der Waals surface area contributed by atoms with Crippen LogP contribution in [0.25, 0.3) is 0 Å². The van der Waals surface area contributed by atoms with Crippen LogP contribution in [0.4, 0.5) is 13.6 Å². The van der Waals surface area contributed by atoms with Crippen molar-refractivity contribution in [3.05, 3.63) is 29.1 Å². The van der Waals surface area contributed by atoms with Gasteiger partial charge in [-0.3, -0.25) is 4.98 Å². The van der Waals surface area contributed by atoms with Gasteiger partial charge in [-0.05, 0) is 72.4 Å². The molecule has 0 saturated carbocycles. The summed E-state index contributed by atoms with van der Waals surface area (Å²) in [7, 11) is 0. The number of carbonyl (C=O) groups excluding carboxylic acids is 1. The first kappa shape index (κ1) is 24.2. The first-order valence-corrected chi connectivity index (χ1v) is 11.8. The molecule has 1 aromatic heterocycles. The molecule has 6 nitrogen and oxygen atoms in total. The minimum atomic E-state index is -2.63. The number of fused-ring (bicyclic) bond motifs is 1. The monoisotopic (exact) mass is 457 g/mol. The number of alkyl halides is 2. The van der Waals surface area contributed by atoms with Gasteiger partial charge in [0.05, 0.1) is 6.04 Å². The van der Waals surface area contributed by atoms with Gasteiger partial charge in [-0.2, -0.15) is 0 Å². The highest BCUT2D eigenvalue weighted by atomic mass is 32.2. The molecule has 1 N–H and O–H groups in total. The molecule has 9 heteroatoms. The molecule has 2 aliphatic rings. The molecule has 2 atom stereocenters. The molecule has 31 heavy (non-hydrogen) atoms. The number of hydrogen-bond donors (Lipinski definition) is 1. The summed E-state index contributed by atoms with van der Waals surface area (Å²) in [6.45, 7) is 12.1. The molecule has 1 saturated heterocycles. The Kier molecular flexibility index (Phi) is 6.62. The van der Waals surface area contributed by atoms with E-state index in [4.69, 9.17) is 4.74 Å². The minimum Gasteiger partial charge on any atom is -0.598 e. The number of pyridine rings is 1. The number of halogens is 2. The SMILES string of the molecule is CC(C)(C)OC(=O)N1CCC2(CC1)Cc1nc(C(F)F)ccc1[C@H]2N[S@+]([O-])C(C)(C)C. The third-order valence-corrected chi connectivity index (χ3v) is 7.45. The summed E-state index contributed by atoms with van der Waals surface area (Å²) >= 11 is -1.34. The van der Waals surface area contributed by atoms with Gasteiger partial charge in [0.15, 0.2) is 0 Å². The van der Waals surface area contributed by atoms with Crippen LogP contribution in [0.3, 0.4) is 0 Å². The lowest BCUT2D eigenvalue weighted by molar-refractivity contribution is 0.00709. The molecule has 0 aromatic carbocycles. The van der Waals surface area contributed by atoms with E-state index in [1.807, 2.05) is 41.5 Å². The van der Waals surface area contributed by atoms with Crippen molar-refractivity contribution in [3.8, 4) is 0 Å². The van der Waals surface area contributed by atoms with Crippen molar-refractivity contribution in [3.63, 3.8) is 0 Å². The van der Waals surface area contributed by atoms with E-state index in [0.29, 0.717) is 38.0 Å². The van der Waals surface area contributed by atoms with E-state index in [0.717, 1.165) is 5.56 Å². The van der Waals surface area contributed by atoms with E-state index < -0.39 is 28.1 Å². The van der Waals surface area contributed by atoms with E-state index in [9.17, 15) is 18.1 Å². The van der Waals surface area contributed by atoms with Crippen LogP contribution in [-0.2, 0) is 22.5 Å². The Balaban J connectivity index is 1.85. The van der Waals surface area contributed by atoms with Gasteiger partial charge in [-0.15, -0.1) is 4.72 Å². The van der Waals surface area contributed by atoms with Gasteiger partial charge in [0, 0.05) is 35.6 Å². The molecular formula is C22H33F2N3O3S. The molecule has 0 bridgehead atoms. The fourth-order valence-corrected chi connectivity index (χ4v) is 5.16. The van der Waals surface area contributed by atoms with Crippen LogP contribution in [0.15, 0.2) is 12.1 Å². The molecule has 1 spiro atoms. The average Bonchev–Trinajstić information content (AvgIpc) is 2.92. The Morgan fingerprint density at radius 2 is 1.87 bits per heavy atom. The first-order valence-electron chi connectivity index (χ1n) is 10.7. The number of likely N-dealkylation sites (tertiary alicyclic amines) is 1. The Labute approximate surface area is 186 Å². The number of rotatable bonds is 3. The molecular weight excluding hydrogens is 424 g/mol. The summed E-state index contributed by atoms with van der Waals surface area (Å²) in [6, 6.07) is 2.77. The second-order valence-electron chi connectivity index (χ2n) is 10.5. The minimum absolute atomic E-state index is 0.238. The van der Waals surface area contributed by atoms with Crippen molar-refractivity contribution >= 4 is 17.5 Å². The lowest BCUT2D eigenvalue weighted by Crippen LogP contribution is -2.51. The Morgan fingerprint density at radius 1 is 1.26 bits per heavy atom. The van der Waals surface area contributed by atoms with Crippen LogP contribution in [0, 0.1) is 5.41 Å². The van der Waals surface area contributed by atoms with Crippen LogP contribution in [-0.4, -0.2) is 44.0 Å². The number of amides is 1. The number of nitrogens with one attached hydrogen (secondary N) is 1. The van der Waals surface area contributed by atoms with Crippen LogP contribution < -0.4 is 4.72 Å². The van der Waals surface area contributed by atoms with Gasteiger partial charge < -0.3 is 14.2 Å². The van der Waals surface area contributed by atoms with Crippen molar-refractivity contribution in [2.45, 2.75) is 83.6 Å². The van der Waals surface area contributed by atoms with Gasteiger partial charge in [0.2, 0.25) is 0 Å². The first-order chi connectivity index (χ1) is 14.2. The Morgan fingerprint density at radius 3 is 2.39 bits per heavy atom. The van der Waals surface area contributed by atoms with Crippen molar-refractivity contribution in [1.82, 2.24) is 14.6 Å². The molecule has 1 amide bonds. The third kappa shape index (κ3) is 5.31. The van der Waals surface area contributed by atoms with E-state index in [1.54, 1.807) is 11.0 Å². The lowest BCUT2D eigenvalue weighted by atomic mass is 9.73. The number of ether oxygens (including phenoxy) is 1. The molecule has 0 unspecified atom stereocenters. The predicted octanol–water partition coefficient (Wildman–Crippen LogP) is 4.69. The largest absolute Gasteiger partial charge is 0.598 e. The molecule has 1 fully saturated rings. The standard InChI is InChI=1S/C22H33F2N3O3S/c1-20(2,3)30-19(28)27-11-9-22(10-12-27)13-16-14(7-8-15(25-16)18(23)24)17(22)26-31(29)21(4,5)6/h7-8,17-18,26H,9-13H2,1-6H3/t17-,31-/m1/s1. The summed E-state index contributed by atoms with van der Waals surface area (Å²) in [5.74, 6) is 0. The highest BCUT2D eigenvalue weighted by Crippen LogP contribution is 2.52. The zero-order valence-corrected chi connectivity index (χ0v) is 19.9. The summed E-state index contributed by atoms with van der Waals surface area (Å²) in [6.07, 6.45) is -1.17. The number of carbonyl (C=O) groups is 1. The molecule has 1 aliphatic heterocycles. The van der Waals surface area contributed by atoms with E-state index in [2.05, 4.69) is 9.71 Å². The van der Waals surface area contributed by atoms with Crippen molar-refractivity contribution < 1.29 is 22.9 Å². The molecule has 2 heterocycles. The average molecular weight is 458 g/mol. The van der Waals surface area contributed by atoms with Crippen LogP contribution in [0.2, 0.25) is 0 Å². The van der Waals surface area contributed by atoms with Gasteiger partial charge in [-0.1, -0.05) is 6.07 Å². The van der Waals surface area contributed by atoms with Crippen molar-refractivity contribution in [2.75, 3.05) is 13.1 Å². The second-order valence-corrected chi connectivity index (χ2v) is 12.5. The highest BCUT2D eigenvalue weighted by Gasteiger charge is 2.52. The third-order valence-electron chi connectivity index (χ3n) is 5.89. The summed E-state index contributed by atoms with van der Waals surface area (Å²) < 4.78 is 47.7. The summed E-state index contributed by atoms with van der Waals surface area (Å²) in [4.78, 5) is 18.4. The van der Waals surface area contributed by atoms with Gasteiger partial charge in [0.1, 0.15) is 16.0 Å².